The highest BCUT2D eigenvalue weighted by Gasteiger charge is 2.10. The van der Waals surface area contributed by atoms with Gasteiger partial charge in [-0.25, -0.2) is 9.59 Å². The number of carbonyl (C=O) groups is 2. The maximum absolute atomic E-state index is 12.2. The molecule has 0 heterocycles. The van der Waals surface area contributed by atoms with Gasteiger partial charge >= 0.3 is 11.9 Å². The molecule has 0 spiro atoms. The van der Waals surface area contributed by atoms with E-state index in [1.165, 1.54) is 5.56 Å². The fourth-order valence-corrected chi connectivity index (χ4v) is 3.26. The first-order chi connectivity index (χ1) is 16.6. The second-order valence-electron chi connectivity index (χ2n) is 7.74. The first kappa shape index (κ1) is 22.8. The highest BCUT2D eigenvalue weighted by atomic mass is 16.6. The zero-order valence-corrected chi connectivity index (χ0v) is 18.8. The number of ether oxygens (including phenoxy) is 3. The Morgan fingerprint density at radius 3 is 1.91 bits per heavy atom. The molecule has 170 valence electrons. The smallest absolute Gasteiger partial charge is 0.349 e. The van der Waals surface area contributed by atoms with Crippen molar-refractivity contribution in [2.24, 2.45) is 0 Å². The molecule has 0 bridgehead atoms. The maximum atomic E-state index is 12.2. The molecule has 0 radical (unpaired) electrons. The van der Waals surface area contributed by atoms with E-state index < -0.39 is 11.9 Å². The van der Waals surface area contributed by atoms with Crippen LogP contribution in [-0.2, 0) is 16.1 Å². The van der Waals surface area contributed by atoms with Gasteiger partial charge in [0.15, 0.2) is 6.61 Å². The summed E-state index contributed by atoms with van der Waals surface area (Å²) in [7, 11) is 0. The number of rotatable bonds is 8. The van der Waals surface area contributed by atoms with Crippen molar-refractivity contribution >= 4 is 11.9 Å². The molecule has 0 aliphatic heterocycles. The number of esters is 2. The third-order valence-electron chi connectivity index (χ3n) is 5.13. The SMILES string of the molecule is Cc1ccc(-c2ccc(OCC(=O)Oc3ccc(C(=O)OCc4ccccc4)cc3)cc2)cc1. The zero-order valence-electron chi connectivity index (χ0n) is 18.8. The van der Waals surface area contributed by atoms with Crippen molar-refractivity contribution in [1.82, 2.24) is 0 Å². The molecule has 0 atom stereocenters. The van der Waals surface area contributed by atoms with Crippen LogP contribution in [0.1, 0.15) is 21.5 Å². The van der Waals surface area contributed by atoms with Crippen molar-refractivity contribution in [3.63, 3.8) is 0 Å². The Labute approximate surface area is 198 Å². The molecule has 0 N–H and O–H groups in total. The van der Waals surface area contributed by atoms with E-state index in [2.05, 4.69) is 31.2 Å². The van der Waals surface area contributed by atoms with Crippen LogP contribution in [0.15, 0.2) is 103 Å². The fraction of sp³-hybridized carbons (Fsp3) is 0.103. The van der Waals surface area contributed by atoms with E-state index in [0.29, 0.717) is 17.1 Å². The molecular weight excluding hydrogens is 428 g/mol. The number of benzene rings is 4. The summed E-state index contributed by atoms with van der Waals surface area (Å²) < 4.78 is 16.1. The van der Waals surface area contributed by atoms with Gasteiger partial charge in [-0.2, -0.15) is 0 Å². The van der Waals surface area contributed by atoms with Crippen molar-refractivity contribution in [2.45, 2.75) is 13.5 Å². The summed E-state index contributed by atoms with van der Waals surface area (Å²) in [6.07, 6.45) is 0. The average Bonchev–Trinajstić information content (AvgIpc) is 2.88. The number of hydrogen-bond acceptors (Lipinski definition) is 5. The second-order valence-corrected chi connectivity index (χ2v) is 7.74. The van der Waals surface area contributed by atoms with Gasteiger partial charge in [-0.1, -0.05) is 72.3 Å². The lowest BCUT2D eigenvalue weighted by molar-refractivity contribution is -0.136. The normalized spacial score (nSPS) is 10.4. The minimum absolute atomic E-state index is 0.194. The standard InChI is InChI=1S/C29H24O5/c1-21-7-9-23(10-8-21)24-11-15-26(16-12-24)32-20-28(30)34-27-17-13-25(14-18-27)29(31)33-19-22-5-3-2-4-6-22/h2-18H,19-20H2,1H3. The van der Waals surface area contributed by atoms with Gasteiger partial charge in [0.1, 0.15) is 18.1 Å². The summed E-state index contributed by atoms with van der Waals surface area (Å²) in [6.45, 7) is 2.01. The predicted octanol–water partition coefficient (Wildman–Crippen LogP) is 6.00. The maximum Gasteiger partial charge on any atom is 0.349 e. The summed E-state index contributed by atoms with van der Waals surface area (Å²) in [5, 5.41) is 0. The van der Waals surface area contributed by atoms with E-state index in [4.69, 9.17) is 14.2 Å². The van der Waals surface area contributed by atoms with E-state index in [9.17, 15) is 9.59 Å². The first-order valence-electron chi connectivity index (χ1n) is 10.9. The van der Waals surface area contributed by atoms with Crippen LogP contribution in [0.4, 0.5) is 0 Å². The van der Waals surface area contributed by atoms with Gasteiger partial charge in [0.25, 0.3) is 0 Å². The highest BCUT2D eigenvalue weighted by Crippen LogP contribution is 2.23. The lowest BCUT2D eigenvalue weighted by Gasteiger charge is -2.09. The fourth-order valence-electron chi connectivity index (χ4n) is 3.26. The van der Waals surface area contributed by atoms with Crippen molar-refractivity contribution in [3.05, 3.63) is 120 Å². The second kappa shape index (κ2) is 11.0. The summed E-state index contributed by atoms with van der Waals surface area (Å²) in [5.74, 6) is -0.0894. The minimum atomic E-state index is -0.540. The van der Waals surface area contributed by atoms with Crippen LogP contribution in [0, 0.1) is 6.92 Å². The van der Waals surface area contributed by atoms with E-state index in [1.807, 2.05) is 54.6 Å². The van der Waals surface area contributed by atoms with Crippen molar-refractivity contribution in [2.75, 3.05) is 6.61 Å². The third-order valence-corrected chi connectivity index (χ3v) is 5.13. The Kier molecular flexibility index (Phi) is 7.35. The molecule has 0 saturated heterocycles. The molecule has 5 heteroatoms. The highest BCUT2D eigenvalue weighted by molar-refractivity contribution is 5.89. The van der Waals surface area contributed by atoms with Gasteiger partial charge in [0.2, 0.25) is 0 Å². The monoisotopic (exact) mass is 452 g/mol. The lowest BCUT2D eigenvalue weighted by Crippen LogP contribution is -2.17. The van der Waals surface area contributed by atoms with Gasteiger partial charge in [0.05, 0.1) is 5.56 Å². The van der Waals surface area contributed by atoms with Crippen LogP contribution in [0.25, 0.3) is 11.1 Å². The molecule has 0 aliphatic rings. The molecule has 4 aromatic rings. The van der Waals surface area contributed by atoms with Gasteiger partial charge in [-0.15, -0.1) is 0 Å². The van der Waals surface area contributed by atoms with Crippen LogP contribution < -0.4 is 9.47 Å². The van der Waals surface area contributed by atoms with Crippen molar-refractivity contribution in [3.8, 4) is 22.6 Å². The Morgan fingerprint density at radius 1 is 0.676 bits per heavy atom. The predicted molar refractivity (Wildman–Crippen MR) is 130 cm³/mol. The summed E-state index contributed by atoms with van der Waals surface area (Å²) in [4.78, 5) is 24.3. The van der Waals surface area contributed by atoms with Gasteiger partial charge in [-0.3, -0.25) is 0 Å². The summed E-state index contributed by atoms with van der Waals surface area (Å²) >= 11 is 0. The summed E-state index contributed by atoms with van der Waals surface area (Å²) in [5.41, 5.74) is 4.67. The molecule has 4 rings (SSSR count). The molecule has 0 amide bonds. The zero-order chi connectivity index (χ0) is 23.8. The van der Waals surface area contributed by atoms with Crippen LogP contribution in [-0.4, -0.2) is 18.5 Å². The number of carbonyl (C=O) groups excluding carboxylic acids is 2. The molecule has 0 aromatic heterocycles. The van der Waals surface area contributed by atoms with Crippen LogP contribution in [0.5, 0.6) is 11.5 Å². The van der Waals surface area contributed by atoms with Crippen LogP contribution >= 0.6 is 0 Å². The van der Waals surface area contributed by atoms with Gasteiger partial charge in [0, 0.05) is 0 Å². The Bertz CT molecular complexity index is 1230. The molecule has 5 nitrogen and oxygen atoms in total. The van der Waals surface area contributed by atoms with E-state index in [1.54, 1.807) is 24.3 Å². The van der Waals surface area contributed by atoms with Gasteiger partial charge < -0.3 is 14.2 Å². The number of hydrogen-bond donors (Lipinski definition) is 0. The van der Waals surface area contributed by atoms with E-state index >= 15 is 0 Å². The average molecular weight is 453 g/mol. The van der Waals surface area contributed by atoms with Crippen LogP contribution in [0.3, 0.4) is 0 Å². The minimum Gasteiger partial charge on any atom is -0.482 e. The van der Waals surface area contributed by atoms with Gasteiger partial charge in [-0.05, 0) is 60.0 Å². The Hall–Kier alpha value is -4.38. The molecule has 34 heavy (non-hydrogen) atoms. The third kappa shape index (κ3) is 6.33. The topological polar surface area (TPSA) is 61.8 Å². The Morgan fingerprint density at radius 2 is 1.26 bits per heavy atom. The Balaban J connectivity index is 1.24. The molecule has 4 aromatic carbocycles. The quantitative estimate of drug-likeness (QED) is 0.242. The van der Waals surface area contributed by atoms with E-state index in [-0.39, 0.29) is 13.2 Å². The van der Waals surface area contributed by atoms with Crippen LogP contribution in [0.2, 0.25) is 0 Å². The van der Waals surface area contributed by atoms with E-state index in [0.717, 1.165) is 16.7 Å². The molecule has 0 aliphatic carbocycles. The van der Waals surface area contributed by atoms with Crippen molar-refractivity contribution < 1.29 is 23.8 Å². The van der Waals surface area contributed by atoms with Crippen molar-refractivity contribution in [1.29, 1.82) is 0 Å². The first-order valence-corrected chi connectivity index (χ1v) is 10.9. The molecule has 0 saturated carbocycles. The largest absolute Gasteiger partial charge is 0.482 e. The molecule has 0 unspecified atom stereocenters. The lowest BCUT2D eigenvalue weighted by atomic mass is 10.0. The summed E-state index contributed by atoms with van der Waals surface area (Å²) in [6, 6.07) is 31.4. The molecular formula is C29H24O5. The molecule has 0 fully saturated rings. The number of aryl methyl sites for hydroxylation is 1.